The topological polar surface area (TPSA) is 65.5 Å². The van der Waals surface area contributed by atoms with Crippen molar-refractivity contribution in [2.45, 2.75) is 0 Å². The van der Waals surface area contributed by atoms with Crippen LogP contribution in [0.25, 0.3) is 0 Å². The Morgan fingerprint density at radius 3 is 2.62 bits per heavy atom. The van der Waals surface area contributed by atoms with Gasteiger partial charge in [0, 0.05) is 32.4 Å². The van der Waals surface area contributed by atoms with Crippen LogP contribution in [0.15, 0.2) is 42.7 Å². The summed E-state index contributed by atoms with van der Waals surface area (Å²) in [7, 11) is 0. The molecule has 2 heterocycles. The van der Waals surface area contributed by atoms with E-state index in [4.69, 9.17) is 11.6 Å². The quantitative estimate of drug-likeness (QED) is 0.864. The van der Waals surface area contributed by atoms with E-state index in [2.05, 4.69) is 15.2 Å². The third-order valence-corrected chi connectivity index (χ3v) is 4.27. The van der Waals surface area contributed by atoms with Gasteiger partial charge in [-0.15, -0.1) is 0 Å². The van der Waals surface area contributed by atoms with Crippen molar-refractivity contribution in [1.82, 2.24) is 9.88 Å². The van der Waals surface area contributed by atoms with Crippen molar-refractivity contribution in [3.8, 4) is 0 Å². The minimum absolute atomic E-state index is 0.260. The number of para-hydroxylation sites is 1. The summed E-state index contributed by atoms with van der Waals surface area (Å²) in [6, 6.07) is 8.88. The summed E-state index contributed by atoms with van der Waals surface area (Å²) >= 11 is 6.06. The number of halogens is 1. The van der Waals surface area contributed by atoms with Gasteiger partial charge in [-0.2, -0.15) is 0 Å². The summed E-state index contributed by atoms with van der Waals surface area (Å²) in [4.78, 5) is 31.2. The smallest absolute Gasteiger partial charge is 0.257 e. The number of nitrogens with one attached hydrogen (secondary N) is 1. The maximum Gasteiger partial charge on any atom is 0.257 e. The van der Waals surface area contributed by atoms with Gasteiger partial charge >= 0.3 is 0 Å². The van der Waals surface area contributed by atoms with Gasteiger partial charge < -0.3 is 15.1 Å². The molecule has 0 radical (unpaired) electrons. The highest BCUT2D eigenvalue weighted by Crippen LogP contribution is 2.22. The van der Waals surface area contributed by atoms with E-state index in [1.807, 2.05) is 6.07 Å². The molecule has 1 N–H and O–H groups in total. The molecule has 0 bridgehead atoms. The number of hydrogen-bond donors (Lipinski definition) is 1. The molecular formula is C17H17ClN4O2. The maximum atomic E-state index is 12.4. The van der Waals surface area contributed by atoms with E-state index in [0.29, 0.717) is 29.4 Å². The fraction of sp³-hybridized carbons (Fsp3) is 0.235. The van der Waals surface area contributed by atoms with Crippen LogP contribution in [0, 0.1) is 0 Å². The first-order valence-electron chi connectivity index (χ1n) is 7.62. The molecule has 24 heavy (non-hydrogen) atoms. The van der Waals surface area contributed by atoms with Crippen molar-refractivity contribution < 1.29 is 9.59 Å². The van der Waals surface area contributed by atoms with Crippen molar-refractivity contribution in [3.63, 3.8) is 0 Å². The molecule has 1 aliphatic rings. The van der Waals surface area contributed by atoms with Crippen molar-refractivity contribution in [2.75, 3.05) is 36.4 Å². The molecule has 0 saturated carbocycles. The van der Waals surface area contributed by atoms with Crippen LogP contribution in [-0.2, 0) is 4.79 Å². The number of amides is 2. The first-order chi connectivity index (χ1) is 11.7. The molecule has 1 aliphatic heterocycles. The fourth-order valence-corrected chi connectivity index (χ4v) is 2.75. The Morgan fingerprint density at radius 2 is 1.92 bits per heavy atom. The second-order valence-corrected chi connectivity index (χ2v) is 5.90. The lowest BCUT2D eigenvalue weighted by Gasteiger charge is -2.34. The van der Waals surface area contributed by atoms with Gasteiger partial charge in [0.25, 0.3) is 5.91 Å². The van der Waals surface area contributed by atoms with Gasteiger partial charge in [-0.3, -0.25) is 14.6 Å². The van der Waals surface area contributed by atoms with Crippen LogP contribution >= 0.6 is 11.6 Å². The number of pyridine rings is 1. The van der Waals surface area contributed by atoms with Crippen LogP contribution in [0.4, 0.5) is 11.4 Å². The van der Waals surface area contributed by atoms with Gasteiger partial charge in [0.15, 0.2) is 0 Å². The lowest BCUT2D eigenvalue weighted by atomic mass is 10.2. The van der Waals surface area contributed by atoms with Crippen LogP contribution in [0.2, 0.25) is 5.02 Å². The van der Waals surface area contributed by atoms with E-state index in [9.17, 15) is 9.59 Å². The molecule has 1 fully saturated rings. The highest BCUT2D eigenvalue weighted by atomic mass is 35.5. The SMILES string of the molecule is O=CN1CCN(c2cncc(C(=O)Nc3ccccc3Cl)c2)CC1. The average Bonchev–Trinajstić information content (AvgIpc) is 2.64. The van der Waals surface area contributed by atoms with Crippen LogP contribution in [0.3, 0.4) is 0 Å². The molecular weight excluding hydrogens is 328 g/mol. The van der Waals surface area contributed by atoms with E-state index in [-0.39, 0.29) is 5.91 Å². The number of hydrogen-bond acceptors (Lipinski definition) is 4. The first kappa shape index (κ1) is 16.3. The minimum Gasteiger partial charge on any atom is -0.367 e. The molecule has 0 unspecified atom stereocenters. The Morgan fingerprint density at radius 1 is 1.17 bits per heavy atom. The van der Waals surface area contributed by atoms with Gasteiger partial charge in [-0.25, -0.2) is 0 Å². The molecule has 0 atom stereocenters. The molecule has 1 saturated heterocycles. The van der Waals surface area contributed by atoms with Gasteiger partial charge in [0.1, 0.15) is 0 Å². The van der Waals surface area contributed by atoms with E-state index in [0.717, 1.165) is 25.2 Å². The molecule has 2 aromatic rings. The standard InChI is InChI=1S/C17H17ClN4O2/c18-15-3-1-2-4-16(15)20-17(24)13-9-14(11-19-10-13)22-7-5-21(12-23)6-8-22/h1-4,9-12H,5-8H2,(H,20,24). The fourth-order valence-electron chi connectivity index (χ4n) is 2.57. The Hall–Kier alpha value is -2.60. The molecule has 0 aliphatic carbocycles. The number of carbonyl (C=O) groups excluding carboxylic acids is 2. The van der Waals surface area contributed by atoms with Gasteiger partial charge in [-0.05, 0) is 18.2 Å². The largest absolute Gasteiger partial charge is 0.367 e. The number of aromatic nitrogens is 1. The van der Waals surface area contributed by atoms with Crippen molar-refractivity contribution in [2.24, 2.45) is 0 Å². The first-order valence-corrected chi connectivity index (χ1v) is 8.00. The molecule has 1 aromatic carbocycles. The van der Waals surface area contributed by atoms with Crippen LogP contribution in [-0.4, -0.2) is 48.4 Å². The van der Waals surface area contributed by atoms with Crippen LogP contribution in [0.5, 0.6) is 0 Å². The molecule has 6 nitrogen and oxygen atoms in total. The monoisotopic (exact) mass is 344 g/mol. The second kappa shape index (κ2) is 7.31. The highest BCUT2D eigenvalue weighted by molar-refractivity contribution is 6.33. The van der Waals surface area contributed by atoms with Crippen molar-refractivity contribution >= 4 is 35.3 Å². The molecule has 0 spiro atoms. The molecule has 124 valence electrons. The lowest BCUT2D eigenvalue weighted by Crippen LogP contribution is -2.45. The number of anilines is 2. The van der Waals surface area contributed by atoms with Gasteiger partial charge in [0.2, 0.25) is 6.41 Å². The third kappa shape index (κ3) is 3.65. The zero-order valence-electron chi connectivity index (χ0n) is 13.0. The zero-order chi connectivity index (χ0) is 16.9. The summed E-state index contributed by atoms with van der Waals surface area (Å²) in [6.07, 6.45) is 4.11. The van der Waals surface area contributed by atoms with E-state index in [1.165, 1.54) is 6.20 Å². The van der Waals surface area contributed by atoms with Gasteiger partial charge in [0.05, 0.1) is 28.2 Å². The number of nitrogens with zero attached hydrogens (tertiary/aromatic N) is 3. The number of benzene rings is 1. The number of carbonyl (C=O) groups is 2. The van der Waals surface area contributed by atoms with Gasteiger partial charge in [-0.1, -0.05) is 23.7 Å². The summed E-state index contributed by atoms with van der Waals surface area (Å²) < 4.78 is 0. The van der Waals surface area contributed by atoms with Crippen LogP contribution in [0.1, 0.15) is 10.4 Å². The molecule has 1 aromatic heterocycles. The Balaban J connectivity index is 1.72. The molecule has 3 rings (SSSR count). The normalized spacial score (nSPS) is 14.4. The predicted molar refractivity (Wildman–Crippen MR) is 93.5 cm³/mol. The highest BCUT2D eigenvalue weighted by Gasteiger charge is 2.17. The number of piperazine rings is 1. The van der Waals surface area contributed by atoms with E-state index >= 15 is 0 Å². The summed E-state index contributed by atoms with van der Waals surface area (Å²) in [5.74, 6) is -0.260. The summed E-state index contributed by atoms with van der Waals surface area (Å²) in [5, 5.41) is 3.27. The van der Waals surface area contributed by atoms with Crippen molar-refractivity contribution in [1.29, 1.82) is 0 Å². The third-order valence-electron chi connectivity index (χ3n) is 3.94. The summed E-state index contributed by atoms with van der Waals surface area (Å²) in [5.41, 5.74) is 1.90. The summed E-state index contributed by atoms with van der Waals surface area (Å²) in [6.45, 7) is 2.77. The van der Waals surface area contributed by atoms with E-state index < -0.39 is 0 Å². The Kier molecular flexibility index (Phi) is 4.96. The predicted octanol–water partition coefficient (Wildman–Crippen LogP) is 2.27. The second-order valence-electron chi connectivity index (χ2n) is 5.49. The maximum absolute atomic E-state index is 12.4. The number of rotatable bonds is 4. The minimum atomic E-state index is -0.260. The molecule has 2 amide bonds. The molecule has 7 heteroatoms. The Bertz CT molecular complexity index is 745. The van der Waals surface area contributed by atoms with E-state index in [1.54, 1.807) is 35.4 Å². The average molecular weight is 345 g/mol. The Labute approximate surface area is 145 Å². The van der Waals surface area contributed by atoms with Crippen molar-refractivity contribution in [3.05, 3.63) is 53.3 Å². The van der Waals surface area contributed by atoms with Crippen LogP contribution < -0.4 is 10.2 Å². The zero-order valence-corrected chi connectivity index (χ0v) is 13.7. The lowest BCUT2D eigenvalue weighted by molar-refractivity contribution is -0.118.